The van der Waals surface area contributed by atoms with Crippen LogP contribution < -0.4 is 11.1 Å². The maximum Gasteiger partial charge on any atom is 0.0656 e. The molecule has 0 aliphatic heterocycles. The normalized spacial score (nSPS) is 10.5. The Morgan fingerprint density at radius 3 is 2.94 bits per heavy atom. The SMILES string of the molecule is Cc1cc(N)c(Cl)cc1NCCc1cccs1. The number of hydrogen-bond donors (Lipinski definition) is 2. The number of nitrogens with one attached hydrogen (secondary N) is 1. The first kappa shape index (κ1) is 12.3. The second-order valence-electron chi connectivity index (χ2n) is 3.94. The van der Waals surface area contributed by atoms with Crippen LogP contribution in [0.25, 0.3) is 0 Å². The average molecular weight is 267 g/mol. The van der Waals surface area contributed by atoms with Crippen LogP contribution in [0.4, 0.5) is 11.4 Å². The molecule has 0 spiro atoms. The molecule has 2 nitrogen and oxygen atoms in total. The molecule has 0 atom stereocenters. The summed E-state index contributed by atoms with van der Waals surface area (Å²) in [4.78, 5) is 1.39. The number of nitrogen functional groups attached to an aromatic ring is 1. The third-order valence-corrected chi connectivity index (χ3v) is 3.87. The number of halogens is 1. The van der Waals surface area contributed by atoms with E-state index in [2.05, 4.69) is 22.8 Å². The van der Waals surface area contributed by atoms with Gasteiger partial charge in [0.15, 0.2) is 0 Å². The molecule has 2 rings (SSSR count). The quantitative estimate of drug-likeness (QED) is 0.823. The predicted octanol–water partition coefficient (Wildman–Crippen LogP) is 3.95. The molecule has 0 amide bonds. The maximum atomic E-state index is 6.00. The van der Waals surface area contributed by atoms with Crippen LogP contribution in [0.5, 0.6) is 0 Å². The largest absolute Gasteiger partial charge is 0.398 e. The first-order chi connectivity index (χ1) is 8.16. The van der Waals surface area contributed by atoms with E-state index in [-0.39, 0.29) is 0 Å². The molecule has 0 aliphatic rings. The summed E-state index contributed by atoms with van der Waals surface area (Å²) in [5.41, 5.74) is 8.55. The lowest BCUT2D eigenvalue weighted by molar-refractivity contribution is 1.04. The van der Waals surface area contributed by atoms with Crippen molar-refractivity contribution in [3.63, 3.8) is 0 Å². The fourth-order valence-corrected chi connectivity index (χ4v) is 2.54. The second kappa shape index (κ2) is 5.43. The van der Waals surface area contributed by atoms with Crippen LogP contribution in [0.3, 0.4) is 0 Å². The van der Waals surface area contributed by atoms with Gasteiger partial charge in [0.05, 0.1) is 10.7 Å². The molecule has 0 radical (unpaired) electrons. The lowest BCUT2D eigenvalue weighted by Gasteiger charge is -2.10. The van der Waals surface area contributed by atoms with Crippen molar-refractivity contribution in [3.05, 3.63) is 45.1 Å². The molecule has 0 unspecified atom stereocenters. The lowest BCUT2D eigenvalue weighted by atomic mass is 10.1. The van der Waals surface area contributed by atoms with Crippen LogP contribution in [-0.2, 0) is 6.42 Å². The molecule has 4 heteroatoms. The molecule has 3 N–H and O–H groups in total. The van der Waals surface area contributed by atoms with Crippen LogP contribution in [0, 0.1) is 6.92 Å². The fourth-order valence-electron chi connectivity index (χ4n) is 1.67. The van der Waals surface area contributed by atoms with Crippen molar-refractivity contribution in [1.82, 2.24) is 0 Å². The van der Waals surface area contributed by atoms with E-state index in [1.165, 1.54) is 4.88 Å². The minimum absolute atomic E-state index is 0.606. The van der Waals surface area contributed by atoms with Crippen molar-refractivity contribution in [3.8, 4) is 0 Å². The van der Waals surface area contributed by atoms with E-state index in [0.717, 1.165) is 24.2 Å². The van der Waals surface area contributed by atoms with Crippen molar-refractivity contribution in [2.24, 2.45) is 0 Å². The molecular formula is C13H15ClN2S. The zero-order valence-corrected chi connectivity index (χ0v) is 11.2. The first-order valence-corrected chi connectivity index (χ1v) is 6.74. The number of benzene rings is 1. The number of nitrogens with two attached hydrogens (primary N) is 1. The molecule has 0 saturated heterocycles. The Kier molecular flexibility index (Phi) is 3.92. The number of anilines is 2. The molecule has 17 heavy (non-hydrogen) atoms. The van der Waals surface area contributed by atoms with Crippen LogP contribution >= 0.6 is 22.9 Å². The Balaban J connectivity index is 1.97. The van der Waals surface area contributed by atoms with E-state index in [1.807, 2.05) is 19.1 Å². The van der Waals surface area contributed by atoms with Gasteiger partial charge in [-0.1, -0.05) is 17.7 Å². The van der Waals surface area contributed by atoms with Gasteiger partial charge in [-0.25, -0.2) is 0 Å². The van der Waals surface area contributed by atoms with Gasteiger partial charge in [-0.3, -0.25) is 0 Å². The van der Waals surface area contributed by atoms with Gasteiger partial charge in [0, 0.05) is 17.1 Å². The molecule has 90 valence electrons. The molecular weight excluding hydrogens is 252 g/mol. The summed E-state index contributed by atoms with van der Waals surface area (Å²) < 4.78 is 0. The molecule has 0 fully saturated rings. The molecule has 1 aromatic heterocycles. The molecule has 2 aromatic rings. The van der Waals surface area contributed by atoms with Crippen LogP contribution in [0.1, 0.15) is 10.4 Å². The van der Waals surface area contributed by atoms with Crippen LogP contribution in [-0.4, -0.2) is 6.54 Å². The van der Waals surface area contributed by atoms with Crippen molar-refractivity contribution in [2.45, 2.75) is 13.3 Å². The zero-order valence-electron chi connectivity index (χ0n) is 9.66. The third-order valence-electron chi connectivity index (χ3n) is 2.61. The van der Waals surface area contributed by atoms with Crippen molar-refractivity contribution in [1.29, 1.82) is 0 Å². The average Bonchev–Trinajstić information content (AvgIpc) is 2.78. The number of rotatable bonds is 4. The third kappa shape index (κ3) is 3.14. The van der Waals surface area contributed by atoms with Gasteiger partial charge >= 0.3 is 0 Å². The summed E-state index contributed by atoms with van der Waals surface area (Å²) in [7, 11) is 0. The lowest BCUT2D eigenvalue weighted by Crippen LogP contribution is -2.05. The van der Waals surface area contributed by atoms with Gasteiger partial charge in [0.1, 0.15) is 0 Å². The topological polar surface area (TPSA) is 38.0 Å². The van der Waals surface area contributed by atoms with E-state index in [0.29, 0.717) is 10.7 Å². The number of aryl methyl sites for hydroxylation is 1. The summed E-state index contributed by atoms with van der Waals surface area (Å²) >= 11 is 7.78. The standard InChI is InChI=1S/C13H15ClN2S/c1-9-7-12(15)11(14)8-13(9)16-5-4-10-3-2-6-17-10/h2-3,6-8,16H,4-5,15H2,1H3. The first-order valence-electron chi connectivity index (χ1n) is 5.48. The van der Waals surface area contributed by atoms with Crippen molar-refractivity contribution in [2.75, 3.05) is 17.6 Å². The monoisotopic (exact) mass is 266 g/mol. The van der Waals surface area contributed by atoms with E-state index < -0.39 is 0 Å². The summed E-state index contributed by atoms with van der Waals surface area (Å²) in [6, 6.07) is 8.01. The van der Waals surface area contributed by atoms with E-state index in [1.54, 1.807) is 11.3 Å². The van der Waals surface area contributed by atoms with E-state index in [4.69, 9.17) is 17.3 Å². The van der Waals surface area contributed by atoms with Gasteiger partial charge in [-0.2, -0.15) is 0 Å². The van der Waals surface area contributed by atoms with E-state index in [9.17, 15) is 0 Å². The zero-order chi connectivity index (χ0) is 12.3. The fraction of sp³-hybridized carbons (Fsp3) is 0.231. The van der Waals surface area contributed by atoms with E-state index >= 15 is 0 Å². The summed E-state index contributed by atoms with van der Waals surface area (Å²) in [5, 5.41) is 6.09. The number of thiophene rings is 1. The second-order valence-corrected chi connectivity index (χ2v) is 5.38. The molecule has 0 bridgehead atoms. The molecule has 0 saturated carbocycles. The summed E-state index contributed by atoms with van der Waals surface area (Å²) in [6.45, 7) is 2.93. The van der Waals surface area contributed by atoms with Gasteiger partial charge in [-0.15, -0.1) is 11.3 Å². The Morgan fingerprint density at radius 1 is 1.41 bits per heavy atom. The summed E-state index contributed by atoms with van der Waals surface area (Å²) in [6.07, 6.45) is 1.03. The highest BCUT2D eigenvalue weighted by atomic mass is 35.5. The minimum Gasteiger partial charge on any atom is -0.398 e. The number of hydrogen-bond acceptors (Lipinski definition) is 3. The van der Waals surface area contributed by atoms with Crippen LogP contribution in [0.2, 0.25) is 5.02 Å². The Labute approximate surface area is 110 Å². The predicted molar refractivity (Wildman–Crippen MR) is 77.1 cm³/mol. The molecule has 0 aliphatic carbocycles. The smallest absolute Gasteiger partial charge is 0.0656 e. The Bertz CT molecular complexity index is 494. The maximum absolute atomic E-state index is 6.00. The van der Waals surface area contributed by atoms with Gasteiger partial charge in [0.25, 0.3) is 0 Å². The highest BCUT2D eigenvalue weighted by Crippen LogP contribution is 2.26. The summed E-state index contributed by atoms with van der Waals surface area (Å²) in [5.74, 6) is 0. The molecule has 1 aromatic carbocycles. The van der Waals surface area contributed by atoms with Gasteiger partial charge in [0.2, 0.25) is 0 Å². The highest BCUT2D eigenvalue weighted by Gasteiger charge is 2.03. The minimum atomic E-state index is 0.606. The Morgan fingerprint density at radius 2 is 2.24 bits per heavy atom. The Hall–Kier alpha value is -1.19. The van der Waals surface area contributed by atoms with Crippen LogP contribution in [0.15, 0.2) is 29.6 Å². The highest BCUT2D eigenvalue weighted by molar-refractivity contribution is 7.09. The van der Waals surface area contributed by atoms with Gasteiger partial charge in [-0.05, 0) is 42.5 Å². The van der Waals surface area contributed by atoms with Crippen molar-refractivity contribution < 1.29 is 0 Å². The van der Waals surface area contributed by atoms with Crippen molar-refractivity contribution >= 4 is 34.3 Å². The van der Waals surface area contributed by atoms with Gasteiger partial charge < -0.3 is 11.1 Å². The molecule has 1 heterocycles.